The fraction of sp³-hybridized carbons (Fsp3) is 0.458. The van der Waals surface area contributed by atoms with E-state index in [1.54, 1.807) is 12.1 Å². The SMILES string of the molecule is CC1=CC[C@@H]2C(C)(C)C(NO)=CC[C@@]2(C)[C@@H]1COc1ccc2ccc(=O)oc2c1. The first-order valence-electron chi connectivity index (χ1n) is 10.2. The van der Waals surface area contributed by atoms with Gasteiger partial charge in [-0.05, 0) is 49.3 Å². The van der Waals surface area contributed by atoms with Gasteiger partial charge in [0.1, 0.15) is 11.3 Å². The summed E-state index contributed by atoms with van der Waals surface area (Å²) in [7, 11) is 0. The molecule has 1 heterocycles. The molecule has 0 radical (unpaired) electrons. The van der Waals surface area contributed by atoms with E-state index in [9.17, 15) is 10.0 Å². The second-order valence-electron chi connectivity index (χ2n) is 9.22. The topological polar surface area (TPSA) is 71.7 Å². The van der Waals surface area contributed by atoms with Gasteiger partial charge in [0, 0.05) is 34.5 Å². The van der Waals surface area contributed by atoms with E-state index in [1.807, 2.05) is 12.1 Å². The van der Waals surface area contributed by atoms with Gasteiger partial charge in [0.15, 0.2) is 0 Å². The molecule has 2 aliphatic carbocycles. The highest BCUT2D eigenvalue weighted by Crippen LogP contribution is 2.59. The smallest absolute Gasteiger partial charge is 0.336 e. The number of fused-ring (bicyclic) bond motifs is 2. The molecule has 5 nitrogen and oxygen atoms in total. The zero-order chi connectivity index (χ0) is 20.8. The van der Waals surface area contributed by atoms with Crippen LogP contribution >= 0.6 is 0 Å². The van der Waals surface area contributed by atoms with Crippen molar-refractivity contribution < 1.29 is 14.4 Å². The average Bonchev–Trinajstić information content (AvgIpc) is 2.66. The molecule has 1 aromatic carbocycles. The Morgan fingerprint density at radius 3 is 2.72 bits per heavy atom. The van der Waals surface area contributed by atoms with Crippen molar-refractivity contribution in [3.05, 3.63) is 64.2 Å². The number of rotatable bonds is 4. The van der Waals surface area contributed by atoms with Gasteiger partial charge in [-0.1, -0.05) is 38.5 Å². The third-order valence-electron chi connectivity index (χ3n) is 7.26. The number of nitrogens with one attached hydrogen (secondary N) is 1. The number of hydrogen-bond donors (Lipinski definition) is 2. The first kappa shape index (κ1) is 19.8. The molecule has 0 unspecified atom stereocenters. The first-order chi connectivity index (χ1) is 13.8. The Bertz CT molecular complexity index is 1050. The van der Waals surface area contributed by atoms with Gasteiger partial charge >= 0.3 is 5.63 Å². The third-order valence-corrected chi connectivity index (χ3v) is 7.26. The van der Waals surface area contributed by atoms with Crippen molar-refractivity contribution in [3.63, 3.8) is 0 Å². The van der Waals surface area contributed by atoms with Gasteiger partial charge in [-0.25, -0.2) is 4.79 Å². The van der Waals surface area contributed by atoms with Crippen LogP contribution in [0.25, 0.3) is 11.0 Å². The van der Waals surface area contributed by atoms with Crippen molar-refractivity contribution in [2.75, 3.05) is 6.61 Å². The highest BCUT2D eigenvalue weighted by atomic mass is 16.5. The molecule has 0 saturated heterocycles. The standard InChI is InChI=1S/C24H29NO4/c1-15-5-9-20-23(2,3)21(25-27)11-12-24(20,4)18(15)14-28-17-8-6-16-7-10-22(26)29-19(16)13-17/h5-8,10-11,13,18,20,25,27H,9,12,14H2,1-4H3/t18-,20-,24+/m1/s1. The quantitative estimate of drug-likeness (QED) is 0.430. The molecule has 2 N–H and O–H groups in total. The zero-order valence-electron chi connectivity index (χ0n) is 17.5. The van der Waals surface area contributed by atoms with Gasteiger partial charge in [-0.3, -0.25) is 10.7 Å². The van der Waals surface area contributed by atoms with Crippen molar-refractivity contribution in [1.82, 2.24) is 5.48 Å². The lowest BCUT2D eigenvalue weighted by atomic mass is 9.50. The molecule has 0 amide bonds. The second-order valence-corrected chi connectivity index (χ2v) is 9.22. The average molecular weight is 395 g/mol. The summed E-state index contributed by atoms with van der Waals surface area (Å²) in [5, 5.41) is 10.5. The number of benzene rings is 1. The summed E-state index contributed by atoms with van der Waals surface area (Å²) < 4.78 is 11.5. The molecule has 29 heavy (non-hydrogen) atoms. The van der Waals surface area contributed by atoms with E-state index in [4.69, 9.17) is 9.15 Å². The lowest BCUT2D eigenvalue weighted by Crippen LogP contribution is -2.51. The number of hydroxylamine groups is 1. The van der Waals surface area contributed by atoms with Crippen LogP contribution in [-0.4, -0.2) is 11.8 Å². The van der Waals surface area contributed by atoms with Gasteiger partial charge in [-0.2, -0.15) is 0 Å². The molecule has 0 aliphatic heterocycles. The lowest BCUT2D eigenvalue weighted by Gasteiger charge is -2.55. The minimum Gasteiger partial charge on any atom is -0.493 e. The molecule has 2 aromatic rings. The second kappa shape index (κ2) is 7.06. The van der Waals surface area contributed by atoms with E-state index in [1.165, 1.54) is 11.6 Å². The molecular formula is C24H29NO4. The maximum absolute atomic E-state index is 11.5. The van der Waals surface area contributed by atoms with Crippen molar-refractivity contribution in [3.8, 4) is 5.75 Å². The summed E-state index contributed by atoms with van der Waals surface area (Å²) >= 11 is 0. The summed E-state index contributed by atoms with van der Waals surface area (Å²) in [5.74, 6) is 1.35. The van der Waals surface area contributed by atoms with E-state index in [0.717, 1.165) is 23.9 Å². The van der Waals surface area contributed by atoms with Crippen LogP contribution in [-0.2, 0) is 0 Å². The molecular weight excluding hydrogens is 366 g/mol. The summed E-state index contributed by atoms with van der Waals surface area (Å²) in [5.41, 5.74) is 4.73. The van der Waals surface area contributed by atoms with Crippen LogP contribution in [0.15, 0.2) is 63.0 Å². The summed E-state index contributed by atoms with van der Waals surface area (Å²) in [4.78, 5) is 11.5. The predicted molar refractivity (Wildman–Crippen MR) is 113 cm³/mol. The highest BCUT2D eigenvalue weighted by Gasteiger charge is 2.53. The molecule has 0 spiro atoms. The molecule has 154 valence electrons. The van der Waals surface area contributed by atoms with Gasteiger partial charge in [0.2, 0.25) is 0 Å². The monoisotopic (exact) mass is 395 g/mol. The maximum Gasteiger partial charge on any atom is 0.336 e. The summed E-state index contributed by atoms with van der Waals surface area (Å²) in [6, 6.07) is 8.80. The zero-order valence-corrected chi connectivity index (χ0v) is 17.5. The van der Waals surface area contributed by atoms with E-state index in [2.05, 4.69) is 45.3 Å². The molecule has 2 aliphatic rings. The van der Waals surface area contributed by atoms with Gasteiger partial charge in [0.05, 0.1) is 6.61 Å². The lowest BCUT2D eigenvalue weighted by molar-refractivity contribution is -0.0123. The van der Waals surface area contributed by atoms with Crippen molar-refractivity contribution >= 4 is 11.0 Å². The predicted octanol–water partition coefficient (Wildman–Crippen LogP) is 5.05. The number of ether oxygens (including phenoxy) is 1. The van der Waals surface area contributed by atoms with E-state index >= 15 is 0 Å². The largest absolute Gasteiger partial charge is 0.493 e. The Morgan fingerprint density at radius 2 is 1.97 bits per heavy atom. The minimum absolute atomic E-state index is 0.0338. The van der Waals surface area contributed by atoms with E-state index in [-0.39, 0.29) is 22.4 Å². The van der Waals surface area contributed by atoms with Crippen LogP contribution in [0.5, 0.6) is 5.75 Å². The third kappa shape index (κ3) is 3.27. The van der Waals surface area contributed by atoms with E-state index in [0.29, 0.717) is 23.9 Å². The molecule has 3 atom stereocenters. The molecule has 0 bridgehead atoms. The summed E-state index contributed by atoms with van der Waals surface area (Å²) in [6.45, 7) is 9.48. The number of allylic oxidation sites excluding steroid dienone is 3. The van der Waals surface area contributed by atoms with Crippen LogP contribution in [0.3, 0.4) is 0 Å². The first-order valence-corrected chi connectivity index (χ1v) is 10.2. The van der Waals surface area contributed by atoms with Crippen LogP contribution in [0, 0.1) is 22.7 Å². The maximum atomic E-state index is 11.5. The molecule has 4 rings (SSSR count). The number of hydrogen-bond acceptors (Lipinski definition) is 5. The fourth-order valence-electron chi connectivity index (χ4n) is 5.48. The van der Waals surface area contributed by atoms with Gasteiger partial charge in [-0.15, -0.1) is 0 Å². The van der Waals surface area contributed by atoms with E-state index < -0.39 is 0 Å². The molecule has 0 fully saturated rings. The Balaban J connectivity index is 1.61. The van der Waals surface area contributed by atoms with Crippen LogP contribution in [0.1, 0.15) is 40.5 Å². The highest BCUT2D eigenvalue weighted by molar-refractivity contribution is 5.77. The Morgan fingerprint density at radius 1 is 1.21 bits per heavy atom. The Hall–Kier alpha value is -2.53. The van der Waals surface area contributed by atoms with Gasteiger partial charge < -0.3 is 9.15 Å². The Kier molecular flexibility index (Phi) is 4.82. The van der Waals surface area contributed by atoms with Crippen LogP contribution < -0.4 is 15.8 Å². The van der Waals surface area contributed by atoms with Crippen molar-refractivity contribution in [2.24, 2.45) is 22.7 Å². The van der Waals surface area contributed by atoms with Crippen LogP contribution in [0.4, 0.5) is 0 Å². The normalized spacial score (nSPS) is 28.3. The molecule has 5 heteroatoms. The Labute approximate surface area is 171 Å². The molecule has 1 aromatic heterocycles. The van der Waals surface area contributed by atoms with Crippen molar-refractivity contribution in [1.29, 1.82) is 0 Å². The van der Waals surface area contributed by atoms with Crippen LogP contribution in [0.2, 0.25) is 0 Å². The van der Waals surface area contributed by atoms with Gasteiger partial charge in [0.25, 0.3) is 0 Å². The van der Waals surface area contributed by atoms with Crippen molar-refractivity contribution in [2.45, 2.75) is 40.5 Å². The minimum atomic E-state index is -0.361. The molecule has 0 saturated carbocycles. The fourth-order valence-corrected chi connectivity index (χ4v) is 5.48. The summed E-state index contributed by atoms with van der Waals surface area (Å²) in [6.07, 6.45) is 6.33.